The van der Waals surface area contributed by atoms with Crippen LogP contribution in [0.3, 0.4) is 0 Å². The van der Waals surface area contributed by atoms with Gasteiger partial charge in [-0.05, 0) is 76.3 Å². The second-order valence-electron chi connectivity index (χ2n) is 9.86. The van der Waals surface area contributed by atoms with E-state index in [2.05, 4.69) is 52.5 Å². The van der Waals surface area contributed by atoms with E-state index in [0.717, 1.165) is 37.7 Å². The van der Waals surface area contributed by atoms with Gasteiger partial charge in [-0.15, -0.1) is 0 Å². The maximum Gasteiger partial charge on any atom is 0.490 e. The number of carbonyl (C=O) groups is 2. The highest BCUT2D eigenvalue weighted by Crippen LogP contribution is 2.31. The van der Waals surface area contributed by atoms with E-state index in [0.29, 0.717) is 12.1 Å². The fourth-order valence-electron chi connectivity index (χ4n) is 5.42. The highest BCUT2D eigenvalue weighted by atomic mass is 19.4. The molecule has 3 aliphatic rings. The van der Waals surface area contributed by atoms with Gasteiger partial charge in [0.2, 0.25) is 0 Å². The van der Waals surface area contributed by atoms with Crippen LogP contribution in [0.25, 0.3) is 0 Å². The van der Waals surface area contributed by atoms with Crippen molar-refractivity contribution >= 4 is 23.4 Å². The second kappa shape index (κ2) is 12.0. The number of nitrogens with one attached hydrogen (secondary N) is 2. The first-order chi connectivity index (χ1) is 16.5. The summed E-state index contributed by atoms with van der Waals surface area (Å²) in [7, 11) is 0. The Labute approximate surface area is 205 Å². The summed E-state index contributed by atoms with van der Waals surface area (Å²) < 4.78 is 31.7. The minimum Gasteiger partial charge on any atom is -0.475 e. The SMILES string of the molecule is Cc1cc(NC(=O)NC2CCCCC2)ccc1N1CCC(N2CCCC2C)C1.O=C(O)C(F)(F)F. The number of benzene rings is 1. The van der Waals surface area contributed by atoms with E-state index < -0.39 is 12.1 Å². The van der Waals surface area contributed by atoms with Gasteiger partial charge in [0.1, 0.15) is 0 Å². The number of halogens is 3. The molecule has 2 atom stereocenters. The number of aliphatic carboxylic acids is 1. The molecule has 3 fully saturated rings. The van der Waals surface area contributed by atoms with Crippen molar-refractivity contribution in [3.8, 4) is 0 Å². The second-order valence-corrected chi connectivity index (χ2v) is 9.86. The maximum atomic E-state index is 12.3. The molecule has 0 radical (unpaired) electrons. The standard InChI is InChI=1S/C23H36N4O.C2HF3O2/c1-17-15-20(25-23(28)24-19-8-4-3-5-9-19)10-11-22(17)26-14-12-21(16-26)27-13-6-7-18(27)2;3-2(4,5)1(6)7/h10-11,15,18-19,21H,3-9,12-14,16H2,1-2H3,(H2,24,25,28);(H,6,7). The number of carbonyl (C=O) groups excluding carboxylic acids is 1. The molecule has 35 heavy (non-hydrogen) atoms. The number of anilines is 2. The number of hydrogen-bond donors (Lipinski definition) is 3. The molecule has 2 saturated heterocycles. The van der Waals surface area contributed by atoms with Crippen LogP contribution in [-0.2, 0) is 4.79 Å². The maximum absolute atomic E-state index is 12.3. The lowest BCUT2D eigenvalue weighted by Crippen LogP contribution is -2.39. The molecular weight excluding hydrogens is 461 g/mol. The van der Waals surface area contributed by atoms with Gasteiger partial charge in [-0.3, -0.25) is 4.90 Å². The van der Waals surface area contributed by atoms with Gasteiger partial charge in [-0.1, -0.05) is 19.3 Å². The first-order valence-corrected chi connectivity index (χ1v) is 12.5. The molecule has 2 amide bonds. The molecule has 1 aromatic carbocycles. The van der Waals surface area contributed by atoms with Gasteiger partial charge >= 0.3 is 18.2 Å². The normalized spacial score (nSPS) is 23.5. The summed E-state index contributed by atoms with van der Waals surface area (Å²) in [5.74, 6) is -2.76. The smallest absolute Gasteiger partial charge is 0.475 e. The summed E-state index contributed by atoms with van der Waals surface area (Å²) in [5.41, 5.74) is 3.44. The van der Waals surface area contributed by atoms with Gasteiger partial charge in [-0.25, -0.2) is 9.59 Å². The number of nitrogens with zero attached hydrogens (tertiary/aromatic N) is 2. The molecular formula is C25H37F3N4O3. The lowest BCUT2D eigenvalue weighted by atomic mass is 9.96. The predicted octanol–water partition coefficient (Wildman–Crippen LogP) is 5.15. The third kappa shape index (κ3) is 7.75. The van der Waals surface area contributed by atoms with E-state index in [1.807, 2.05) is 0 Å². The zero-order chi connectivity index (χ0) is 25.6. The average molecular weight is 499 g/mol. The number of carboxylic acids is 1. The monoisotopic (exact) mass is 498 g/mol. The molecule has 2 unspecified atom stereocenters. The Bertz CT molecular complexity index is 874. The Morgan fingerprint density at radius 1 is 1.03 bits per heavy atom. The Kier molecular flexibility index (Phi) is 9.27. The van der Waals surface area contributed by atoms with Crippen LogP contribution >= 0.6 is 0 Å². The van der Waals surface area contributed by atoms with Gasteiger partial charge in [0, 0.05) is 42.6 Å². The molecule has 0 spiro atoms. The van der Waals surface area contributed by atoms with Gasteiger partial charge < -0.3 is 20.6 Å². The summed E-state index contributed by atoms with van der Waals surface area (Å²) in [4.78, 5) is 26.4. The lowest BCUT2D eigenvalue weighted by molar-refractivity contribution is -0.192. The summed E-state index contributed by atoms with van der Waals surface area (Å²) in [5, 5.41) is 13.3. The molecule has 2 aliphatic heterocycles. The van der Waals surface area contributed by atoms with Crippen molar-refractivity contribution < 1.29 is 27.9 Å². The van der Waals surface area contributed by atoms with Crippen LogP contribution in [-0.4, -0.2) is 65.9 Å². The Hall–Kier alpha value is -2.49. The van der Waals surface area contributed by atoms with Gasteiger partial charge in [-0.2, -0.15) is 13.2 Å². The van der Waals surface area contributed by atoms with Gasteiger partial charge in [0.25, 0.3) is 0 Å². The van der Waals surface area contributed by atoms with Crippen LogP contribution in [0.5, 0.6) is 0 Å². The fraction of sp³-hybridized carbons (Fsp3) is 0.680. The van der Waals surface area contributed by atoms with Crippen LogP contribution in [0.15, 0.2) is 18.2 Å². The van der Waals surface area contributed by atoms with E-state index in [4.69, 9.17) is 9.90 Å². The molecule has 1 aliphatic carbocycles. The van der Waals surface area contributed by atoms with Crippen LogP contribution in [0.2, 0.25) is 0 Å². The first kappa shape index (κ1) is 27.1. The number of likely N-dealkylation sites (tertiary alicyclic amines) is 1. The zero-order valence-corrected chi connectivity index (χ0v) is 20.5. The predicted molar refractivity (Wildman–Crippen MR) is 130 cm³/mol. The van der Waals surface area contributed by atoms with Crippen molar-refractivity contribution in [3.63, 3.8) is 0 Å². The highest BCUT2D eigenvalue weighted by molar-refractivity contribution is 5.90. The van der Waals surface area contributed by atoms with E-state index in [-0.39, 0.29) is 6.03 Å². The molecule has 0 aromatic heterocycles. The number of rotatable bonds is 4. The fourth-order valence-corrected chi connectivity index (χ4v) is 5.42. The topological polar surface area (TPSA) is 84.9 Å². The molecule has 196 valence electrons. The van der Waals surface area contributed by atoms with Crippen LogP contribution in [0.4, 0.5) is 29.3 Å². The van der Waals surface area contributed by atoms with E-state index in [1.54, 1.807) is 0 Å². The molecule has 1 saturated carbocycles. The third-order valence-corrected chi connectivity index (χ3v) is 7.21. The first-order valence-electron chi connectivity index (χ1n) is 12.5. The summed E-state index contributed by atoms with van der Waals surface area (Å²) in [6.45, 7) is 8.05. The average Bonchev–Trinajstić information content (AvgIpc) is 3.43. The van der Waals surface area contributed by atoms with E-state index in [9.17, 15) is 18.0 Å². The largest absolute Gasteiger partial charge is 0.490 e. The molecule has 1 aromatic rings. The van der Waals surface area contributed by atoms with Crippen molar-refractivity contribution in [2.24, 2.45) is 0 Å². The van der Waals surface area contributed by atoms with Crippen molar-refractivity contribution in [2.75, 3.05) is 29.9 Å². The lowest BCUT2D eigenvalue weighted by Gasteiger charge is -2.29. The van der Waals surface area contributed by atoms with Crippen molar-refractivity contribution in [1.29, 1.82) is 0 Å². The highest BCUT2D eigenvalue weighted by Gasteiger charge is 2.38. The van der Waals surface area contributed by atoms with Crippen molar-refractivity contribution in [3.05, 3.63) is 23.8 Å². The summed E-state index contributed by atoms with van der Waals surface area (Å²) in [6.07, 6.45) is 4.84. The zero-order valence-electron chi connectivity index (χ0n) is 20.5. The minimum atomic E-state index is -5.08. The van der Waals surface area contributed by atoms with E-state index in [1.165, 1.54) is 56.3 Å². The van der Waals surface area contributed by atoms with Crippen LogP contribution < -0.4 is 15.5 Å². The molecule has 7 nitrogen and oxygen atoms in total. The van der Waals surface area contributed by atoms with E-state index >= 15 is 0 Å². The van der Waals surface area contributed by atoms with Crippen LogP contribution in [0.1, 0.15) is 63.9 Å². The Morgan fingerprint density at radius 2 is 1.71 bits per heavy atom. The van der Waals surface area contributed by atoms with Gasteiger partial charge in [0.15, 0.2) is 0 Å². The number of amides is 2. The van der Waals surface area contributed by atoms with Gasteiger partial charge in [0.05, 0.1) is 0 Å². The molecule has 4 rings (SSSR count). The molecule has 0 bridgehead atoms. The Morgan fingerprint density at radius 3 is 2.29 bits per heavy atom. The Balaban J connectivity index is 0.000000429. The minimum absolute atomic E-state index is 0.0664. The number of hydrogen-bond acceptors (Lipinski definition) is 4. The molecule has 10 heteroatoms. The van der Waals surface area contributed by atoms with Crippen molar-refractivity contribution in [2.45, 2.75) is 89.5 Å². The number of urea groups is 1. The summed E-state index contributed by atoms with van der Waals surface area (Å²) in [6, 6.07) is 8.04. The number of aryl methyl sites for hydroxylation is 1. The quantitative estimate of drug-likeness (QED) is 0.535. The van der Waals surface area contributed by atoms with Crippen LogP contribution in [0, 0.1) is 6.92 Å². The van der Waals surface area contributed by atoms with Crippen molar-refractivity contribution in [1.82, 2.24) is 10.2 Å². The summed E-state index contributed by atoms with van der Waals surface area (Å²) >= 11 is 0. The number of alkyl halides is 3. The number of carboxylic acid groups (broad SMARTS) is 1. The molecule has 3 N–H and O–H groups in total. The third-order valence-electron chi connectivity index (χ3n) is 7.21. The molecule has 2 heterocycles.